The minimum Gasteiger partial charge on any atom is -0.496 e. The van der Waals surface area contributed by atoms with E-state index in [4.69, 9.17) is 10.5 Å². The largest absolute Gasteiger partial charge is 0.496 e. The van der Waals surface area contributed by atoms with Gasteiger partial charge in [-0.15, -0.1) is 11.8 Å². The van der Waals surface area contributed by atoms with E-state index in [1.165, 1.54) is 11.1 Å². The fraction of sp³-hybridized carbons (Fsp3) is 0.250. The molecule has 0 amide bonds. The molecule has 0 atom stereocenters. The van der Waals surface area contributed by atoms with Crippen molar-refractivity contribution in [2.24, 2.45) is 0 Å². The zero-order chi connectivity index (χ0) is 14.3. The molecular formula is C16H21NOS. The highest BCUT2D eigenvalue weighted by molar-refractivity contribution is 7.98. The summed E-state index contributed by atoms with van der Waals surface area (Å²) in [5.41, 5.74) is 8.95. The van der Waals surface area contributed by atoms with Gasteiger partial charge >= 0.3 is 0 Å². The third-order valence-electron chi connectivity index (χ3n) is 2.69. The van der Waals surface area contributed by atoms with E-state index in [0.29, 0.717) is 0 Å². The molecule has 0 radical (unpaired) electrons. The van der Waals surface area contributed by atoms with Gasteiger partial charge in [0.25, 0.3) is 0 Å². The SMILES string of the molecule is COc1ccc(C)cc1C.CSc1ccccc1N. The lowest BCUT2D eigenvalue weighted by molar-refractivity contribution is 0.411. The summed E-state index contributed by atoms with van der Waals surface area (Å²) in [6.07, 6.45) is 2.02. The number of benzene rings is 2. The Labute approximate surface area is 120 Å². The van der Waals surface area contributed by atoms with Gasteiger partial charge in [0, 0.05) is 10.6 Å². The average molecular weight is 275 g/mol. The Morgan fingerprint density at radius 1 is 1.05 bits per heavy atom. The number of rotatable bonds is 2. The molecule has 0 aliphatic heterocycles. The molecule has 0 saturated heterocycles. The number of hydrogen-bond donors (Lipinski definition) is 1. The van der Waals surface area contributed by atoms with Crippen LogP contribution in [0.25, 0.3) is 0 Å². The van der Waals surface area contributed by atoms with E-state index in [9.17, 15) is 0 Å². The monoisotopic (exact) mass is 275 g/mol. The van der Waals surface area contributed by atoms with E-state index in [-0.39, 0.29) is 0 Å². The predicted molar refractivity (Wildman–Crippen MR) is 85.1 cm³/mol. The molecule has 2 N–H and O–H groups in total. The van der Waals surface area contributed by atoms with Gasteiger partial charge in [-0.05, 0) is 43.9 Å². The molecular weight excluding hydrogens is 254 g/mol. The summed E-state index contributed by atoms with van der Waals surface area (Å²) < 4.78 is 5.10. The number of thioether (sulfide) groups is 1. The molecule has 0 aliphatic carbocycles. The Bertz CT molecular complexity index is 526. The summed E-state index contributed by atoms with van der Waals surface area (Å²) >= 11 is 1.67. The number of aryl methyl sites for hydroxylation is 2. The maximum Gasteiger partial charge on any atom is 0.121 e. The van der Waals surface area contributed by atoms with Gasteiger partial charge in [-0.2, -0.15) is 0 Å². The van der Waals surface area contributed by atoms with Crippen LogP contribution in [0, 0.1) is 13.8 Å². The van der Waals surface area contributed by atoms with Crippen LogP contribution in [-0.2, 0) is 0 Å². The fourth-order valence-corrected chi connectivity index (χ4v) is 2.21. The molecule has 0 bridgehead atoms. The van der Waals surface area contributed by atoms with Crippen LogP contribution in [0.15, 0.2) is 47.4 Å². The molecule has 0 aromatic heterocycles. The Morgan fingerprint density at radius 3 is 2.21 bits per heavy atom. The molecule has 0 saturated carbocycles. The van der Waals surface area contributed by atoms with Crippen molar-refractivity contribution in [2.75, 3.05) is 19.1 Å². The van der Waals surface area contributed by atoms with Crippen LogP contribution in [0.3, 0.4) is 0 Å². The first-order chi connectivity index (χ1) is 9.08. The van der Waals surface area contributed by atoms with E-state index < -0.39 is 0 Å². The van der Waals surface area contributed by atoms with E-state index >= 15 is 0 Å². The average Bonchev–Trinajstić information content (AvgIpc) is 2.40. The Balaban J connectivity index is 0.000000191. The molecule has 2 aromatic rings. The molecule has 2 rings (SSSR count). The molecule has 0 heterocycles. The van der Waals surface area contributed by atoms with Crippen molar-refractivity contribution < 1.29 is 4.74 Å². The summed E-state index contributed by atoms with van der Waals surface area (Å²) in [5.74, 6) is 0.964. The van der Waals surface area contributed by atoms with Crippen LogP contribution in [0.5, 0.6) is 5.75 Å². The maximum atomic E-state index is 5.61. The molecule has 0 spiro atoms. The Hall–Kier alpha value is -1.61. The van der Waals surface area contributed by atoms with E-state index in [1.807, 2.05) is 49.6 Å². The van der Waals surface area contributed by atoms with Crippen LogP contribution >= 0.6 is 11.8 Å². The number of para-hydroxylation sites is 1. The lowest BCUT2D eigenvalue weighted by Crippen LogP contribution is -1.86. The first kappa shape index (κ1) is 15.4. The summed E-state index contributed by atoms with van der Waals surface area (Å²) in [5, 5.41) is 0. The Kier molecular flexibility index (Phi) is 6.30. The molecule has 3 heteroatoms. The van der Waals surface area contributed by atoms with Crippen molar-refractivity contribution in [2.45, 2.75) is 18.7 Å². The minimum absolute atomic E-state index is 0.866. The third-order valence-corrected chi connectivity index (χ3v) is 3.50. The smallest absolute Gasteiger partial charge is 0.121 e. The number of methoxy groups -OCH3 is 1. The van der Waals surface area contributed by atoms with E-state index in [1.54, 1.807) is 18.9 Å². The van der Waals surface area contributed by atoms with E-state index in [0.717, 1.165) is 16.3 Å². The van der Waals surface area contributed by atoms with Crippen LogP contribution in [0.1, 0.15) is 11.1 Å². The highest BCUT2D eigenvalue weighted by atomic mass is 32.2. The van der Waals surface area contributed by atoms with Gasteiger partial charge in [0.05, 0.1) is 7.11 Å². The highest BCUT2D eigenvalue weighted by Crippen LogP contribution is 2.20. The van der Waals surface area contributed by atoms with Gasteiger partial charge in [-0.1, -0.05) is 29.8 Å². The fourth-order valence-electron chi connectivity index (χ4n) is 1.69. The number of nitrogens with two attached hydrogens (primary N) is 1. The summed E-state index contributed by atoms with van der Waals surface area (Å²) in [6, 6.07) is 14.0. The lowest BCUT2D eigenvalue weighted by atomic mass is 10.1. The van der Waals surface area contributed by atoms with Crippen molar-refractivity contribution in [1.29, 1.82) is 0 Å². The van der Waals surface area contributed by atoms with Crippen molar-refractivity contribution in [3.05, 3.63) is 53.6 Å². The summed E-state index contributed by atoms with van der Waals surface area (Å²) in [4.78, 5) is 1.15. The number of anilines is 1. The maximum absolute atomic E-state index is 5.61. The zero-order valence-electron chi connectivity index (χ0n) is 11.9. The first-order valence-corrected chi connectivity index (χ1v) is 7.30. The van der Waals surface area contributed by atoms with Gasteiger partial charge in [-0.25, -0.2) is 0 Å². The van der Waals surface area contributed by atoms with Crippen molar-refractivity contribution in [1.82, 2.24) is 0 Å². The second kappa shape index (κ2) is 7.74. The van der Waals surface area contributed by atoms with Gasteiger partial charge in [-0.3, -0.25) is 0 Å². The van der Waals surface area contributed by atoms with Crippen LogP contribution < -0.4 is 10.5 Å². The molecule has 2 aromatic carbocycles. The second-order valence-electron chi connectivity index (χ2n) is 4.22. The predicted octanol–water partition coefficient (Wildman–Crippen LogP) is 4.30. The lowest BCUT2D eigenvalue weighted by Gasteiger charge is -2.03. The van der Waals surface area contributed by atoms with Crippen LogP contribution in [-0.4, -0.2) is 13.4 Å². The van der Waals surface area contributed by atoms with Crippen molar-refractivity contribution >= 4 is 17.4 Å². The van der Waals surface area contributed by atoms with Gasteiger partial charge in [0.1, 0.15) is 5.75 Å². The number of ether oxygens (including phenoxy) is 1. The van der Waals surface area contributed by atoms with Crippen LogP contribution in [0.2, 0.25) is 0 Å². The Morgan fingerprint density at radius 2 is 1.74 bits per heavy atom. The third kappa shape index (κ3) is 4.87. The minimum atomic E-state index is 0.866. The highest BCUT2D eigenvalue weighted by Gasteiger charge is 1.94. The summed E-state index contributed by atoms with van der Waals surface area (Å²) in [6.45, 7) is 4.12. The zero-order valence-corrected chi connectivity index (χ0v) is 12.8. The molecule has 0 unspecified atom stereocenters. The van der Waals surface area contributed by atoms with Crippen LogP contribution in [0.4, 0.5) is 5.69 Å². The molecule has 2 nitrogen and oxygen atoms in total. The molecule has 102 valence electrons. The normalized spacial score (nSPS) is 9.47. The second-order valence-corrected chi connectivity index (χ2v) is 5.06. The molecule has 0 aliphatic rings. The topological polar surface area (TPSA) is 35.2 Å². The van der Waals surface area contributed by atoms with Crippen molar-refractivity contribution in [3.63, 3.8) is 0 Å². The first-order valence-electron chi connectivity index (χ1n) is 6.08. The summed E-state index contributed by atoms with van der Waals surface area (Å²) in [7, 11) is 1.69. The quantitative estimate of drug-likeness (QED) is 0.655. The molecule has 19 heavy (non-hydrogen) atoms. The van der Waals surface area contributed by atoms with Gasteiger partial charge in [0.2, 0.25) is 0 Å². The number of nitrogen functional groups attached to an aromatic ring is 1. The van der Waals surface area contributed by atoms with E-state index in [2.05, 4.69) is 13.0 Å². The molecule has 0 fully saturated rings. The van der Waals surface area contributed by atoms with Crippen molar-refractivity contribution in [3.8, 4) is 5.75 Å². The standard InChI is InChI=1S/C9H12O.C7H9NS/c1-7-4-5-9(10-3)8(2)6-7;1-9-7-5-3-2-4-6(7)8/h4-6H,1-3H3;2-5H,8H2,1H3. The van der Waals surface area contributed by atoms with Gasteiger partial charge < -0.3 is 10.5 Å². The van der Waals surface area contributed by atoms with Gasteiger partial charge in [0.15, 0.2) is 0 Å². The number of hydrogen-bond acceptors (Lipinski definition) is 3.